The molecule has 4 nitrogen and oxygen atoms in total. The van der Waals surface area contributed by atoms with Gasteiger partial charge in [0.05, 0.1) is 0 Å². The fourth-order valence-electron chi connectivity index (χ4n) is 2.32. The van der Waals surface area contributed by atoms with Gasteiger partial charge in [-0.15, -0.1) is 0 Å². The Morgan fingerprint density at radius 2 is 1.89 bits per heavy atom. The van der Waals surface area contributed by atoms with E-state index in [0.29, 0.717) is 19.6 Å². The van der Waals surface area contributed by atoms with Crippen LogP contribution in [0.4, 0.5) is 5.13 Å². The summed E-state index contributed by atoms with van der Waals surface area (Å²) in [7, 11) is 0. The van der Waals surface area contributed by atoms with Crippen LogP contribution in [0.3, 0.4) is 0 Å². The van der Waals surface area contributed by atoms with Crippen molar-refractivity contribution in [3.8, 4) is 10.1 Å². The Bertz CT molecular complexity index is 1040. The van der Waals surface area contributed by atoms with E-state index in [0.717, 1.165) is 21.3 Å². The van der Waals surface area contributed by atoms with E-state index in [4.69, 9.17) is 4.98 Å². The number of aryl methyl sites for hydroxylation is 1. The van der Waals surface area contributed by atoms with Crippen LogP contribution in [0.5, 0.6) is 0 Å². The summed E-state index contributed by atoms with van der Waals surface area (Å²) in [5.41, 5.74) is 4.64. The van der Waals surface area contributed by atoms with E-state index in [1.165, 1.54) is 27.0 Å². The molecule has 0 aliphatic carbocycles. The SMILES string of the molecule is Cc1ccc(/C=N/c2nnc(SCc3c[se]c(-c4ccccc4)n3)s2)cc1. The number of rotatable bonds is 6. The maximum atomic E-state index is 4.77. The number of benzene rings is 2. The second kappa shape index (κ2) is 8.76. The molecule has 4 rings (SSSR count). The van der Waals surface area contributed by atoms with Crippen LogP contribution >= 0.6 is 23.1 Å². The van der Waals surface area contributed by atoms with Crippen LogP contribution < -0.4 is 0 Å². The van der Waals surface area contributed by atoms with Crippen molar-refractivity contribution in [1.29, 1.82) is 0 Å². The second-order valence-electron chi connectivity index (χ2n) is 5.82. The van der Waals surface area contributed by atoms with Crippen molar-refractivity contribution in [2.24, 2.45) is 4.99 Å². The van der Waals surface area contributed by atoms with E-state index in [-0.39, 0.29) is 0 Å². The Balaban J connectivity index is 1.36. The number of aliphatic imine (C=N–C) groups is 1. The molecule has 134 valence electrons. The molecule has 0 bridgehead atoms. The zero-order chi connectivity index (χ0) is 18.5. The monoisotopic (exact) mass is 456 g/mol. The van der Waals surface area contributed by atoms with Crippen LogP contribution in [0.25, 0.3) is 10.1 Å². The average Bonchev–Trinajstić information content (AvgIpc) is 3.36. The molecule has 0 saturated heterocycles. The molecule has 0 spiro atoms. The molecule has 7 heteroatoms. The third-order valence-corrected chi connectivity index (χ3v) is 7.68. The number of aromatic nitrogens is 3. The summed E-state index contributed by atoms with van der Waals surface area (Å²) in [6, 6.07) is 18.6. The Hall–Kier alpha value is -2.05. The van der Waals surface area contributed by atoms with Crippen molar-refractivity contribution in [1.82, 2.24) is 15.2 Å². The molecule has 0 aliphatic heterocycles. The van der Waals surface area contributed by atoms with Crippen molar-refractivity contribution in [3.05, 3.63) is 76.4 Å². The topological polar surface area (TPSA) is 51.0 Å². The van der Waals surface area contributed by atoms with Crippen molar-refractivity contribution in [3.63, 3.8) is 0 Å². The van der Waals surface area contributed by atoms with Gasteiger partial charge in [0.2, 0.25) is 0 Å². The van der Waals surface area contributed by atoms with Gasteiger partial charge in [0, 0.05) is 0 Å². The Labute approximate surface area is 172 Å². The third kappa shape index (κ3) is 5.02. The van der Waals surface area contributed by atoms with Gasteiger partial charge in [-0.05, 0) is 6.92 Å². The standard InChI is InChI=1S/C20H16N4S2Se/c1-14-7-9-15(10-8-14)11-21-19-23-24-20(26-19)25-12-17-13-27-18(22-17)16-5-3-2-4-6-16/h2-11,13H,12H2,1H3/b21-11+. The van der Waals surface area contributed by atoms with Gasteiger partial charge in [-0.25, -0.2) is 0 Å². The molecule has 0 radical (unpaired) electrons. The zero-order valence-corrected chi connectivity index (χ0v) is 17.9. The quantitative estimate of drug-likeness (QED) is 0.233. The number of hydrogen-bond acceptors (Lipinski definition) is 6. The van der Waals surface area contributed by atoms with Crippen molar-refractivity contribution in [2.75, 3.05) is 0 Å². The van der Waals surface area contributed by atoms with Gasteiger partial charge in [-0.3, -0.25) is 0 Å². The van der Waals surface area contributed by atoms with Crippen LogP contribution in [0.2, 0.25) is 0 Å². The van der Waals surface area contributed by atoms with Crippen LogP contribution in [0.1, 0.15) is 16.8 Å². The van der Waals surface area contributed by atoms with E-state index in [9.17, 15) is 0 Å². The van der Waals surface area contributed by atoms with Gasteiger partial charge < -0.3 is 0 Å². The van der Waals surface area contributed by atoms with Gasteiger partial charge >= 0.3 is 160 Å². The summed E-state index contributed by atoms with van der Waals surface area (Å²) in [6.07, 6.45) is 1.83. The molecule has 0 saturated carbocycles. The normalized spacial score (nSPS) is 11.3. The summed E-state index contributed by atoms with van der Waals surface area (Å²) in [4.78, 5) is 11.5. The first-order valence-corrected chi connectivity index (χ1v) is 12.0. The van der Waals surface area contributed by atoms with Crippen molar-refractivity contribution in [2.45, 2.75) is 17.0 Å². The molecule has 0 atom stereocenters. The first-order chi connectivity index (χ1) is 13.3. The predicted octanol–water partition coefficient (Wildman–Crippen LogP) is 5.01. The fraction of sp³-hybridized carbons (Fsp3) is 0.100. The summed E-state index contributed by atoms with van der Waals surface area (Å²) < 4.78 is 2.11. The Kier molecular flexibility index (Phi) is 5.94. The van der Waals surface area contributed by atoms with Crippen LogP contribution in [-0.4, -0.2) is 35.9 Å². The number of hydrogen-bond donors (Lipinski definition) is 0. The van der Waals surface area contributed by atoms with Crippen molar-refractivity contribution >= 4 is 48.9 Å². The summed E-state index contributed by atoms with van der Waals surface area (Å²) >= 11 is 3.48. The maximum absolute atomic E-state index is 4.77. The molecule has 0 fully saturated rings. The van der Waals surface area contributed by atoms with Gasteiger partial charge in [0.1, 0.15) is 0 Å². The first-order valence-electron chi connectivity index (χ1n) is 8.33. The Morgan fingerprint density at radius 3 is 2.70 bits per heavy atom. The van der Waals surface area contributed by atoms with E-state index in [1.807, 2.05) is 24.4 Å². The molecular formula is C20H16N4S2Se. The second-order valence-corrected chi connectivity index (χ2v) is 9.80. The summed E-state index contributed by atoms with van der Waals surface area (Å²) in [6.45, 7) is 2.07. The zero-order valence-electron chi connectivity index (χ0n) is 14.6. The summed E-state index contributed by atoms with van der Waals surface area (Å²) in [5.74, 6) is 0.814. The molecule has 2 heterocycles. The van der Waals surface area contributed by atoms with Gasteiger partial charge in [0.15, 0.2) is 0 Å². The van der Waals surface area contributed by atoms with E-state index in [1.54, 1.807) is 11.8 Å². The molecule has 0 N–H and O–H groups in total. The van der Waals surface area contributed by atoms with E-state index in [2.05, 4.69) is 63.5 Å². The number of nitrogens with zero attached hydrogens (tertiary/aromatic N) is 4. The third-order valence-electron chi connectivity index (χ3n) is 3.71. The molecule has 2 aromatic carbocycles. The minimum absolute atomic E-state index is 0.307. The molecule has 27 heavy (non-hydrogen) atoms. The van der Waals surface area contributed by atoms with E-state index >= 15 is 0 Å². The molecular weight excluding hydrogens is 439 g/mol. The minimum atomic E-state index is 0.307. The van der Waals surface area contributed by atoms with Crippen LogP contribution in [0, 0.1) is 6.92 Å². The average molecular weight is 455 g/mol. The number of thioether (sulfide) groups is 1. The van der Waals surface area contributed by atoms with Crippen LogP contribution in [0.15, 0.2) is 68.9 Å². The molecule has 2 aromatic heterocycles. The summed E-state index contributed by atoms with van der Waals surface area (Å²) in [5, 5.41) is 9.06. The molecule has 0 amide bonds. The van der Waals surface area contributed by atoms with Gasteiger partial charge in [-0.1, -0.05) is 5.56 Å². The van der Waals surface area contributed by atoms with Gasteiger partial charge in [0.25, 0.3) is 0 Å². The van der Waals surface area contributed by atoms with Gasteiger partial charge in [-0.2, -0.15) is 0 Å². The van der Waals surface area contributed by atoms with Crippen LogP contribution in [-0.2, 0) is 5.75 Å². The Morgan fingerprint density at radius 1 is 1.07 bits per heavy atom. The molecule has 0 aliphatic rings. The van der Waals surface area contributed by atoms with Crippen molar-refractivity contribution < 1.29 is 0 Å². The fourth-order valence-corrected chi connectivity index (χ4v) is 5.87. The molecule has 4 aromatic rings. The van der Waals surface area contributed by atoms with E-state index < -0.39 is 0 Å². The first kappa shape index (κ1) is 18.3. The molecule has 0 unspecified atom stereocenters. The predicted molar refractivity (Wildman–Crippen MR) is 115 cm³/mol.